The van der Waals surface area contributed by atoms with Crippen LogP contribution < -0.4 is 5.32 Å². The number of nitrogens with one attached hydrogen (secondary N) is 1. The second kappa shape index (κ2) is 10.0. The van der Waals surface area contributed by atoms with Crippen LogP contribution in [0, 0.1) is 5.92 Å². The Morgan fingerprint density at radius 2 is 2.16 bits per heavy atom. The van der Waals surface area contributed by atoms with Crippen LogP contribution in [0.5, 0.6) is 0 Å². The van der Waals surface area contributed by atoms with Crippen molar-refractivity contribution in [3.8, 4) is 0 Å². The van der Waals surface area contributed by atoms with E-state index in [1.807, 2.05) is 30.2 Å². The smallest absolute Gasteiger partial charge is 0.193 e. The molecular formula is C18H32IN5S. The predicted molar refractivity (Wildman–Crippen MR) is 118 cm³/mol. The van der Waals surface area contributed by atoms with Gasteiger partial charge in [-0.25, -0.2) is 0 Å². The maximum absolute atomic E-state index is 4.56. The molecule has 25 heavy (non-hydrogen) atoms. The number of nitrogens with zero attached hydrogens (tertiary/aromatic N) is 4. The Kier molecular flexibility index (Phi) is 8.38. The van der Waals surface area contributed by atoms with Gasteiger partial charge in [-0.15, -0.1) is 24.0 Å². The number of rotatable bonds is 4. The second-order valence-electron chi connectivity index (χ2n) is 7.28. The highest BCUT2D eigenvalue weighted by atomic mass is 127. The molecule has 1 aliphatic carbocycles. The summed E-state index contributed by atoms with van der Waals surface area (Å²) < 4.78 is 2.48. The molecule has 1 saturated heterocycles. The van der Waals surface area contributed by atoms with Gasteiger partial charge in [0.05, 0.1) is 0 Å². The van der Waals surface area contributed by atoms with E-state index in [1.54, 1.807) is 0 Å². The van der Waals surface area contributed by atoms with E-state index in [9.17, 15) is 0 Å². The number of hydrogen-bond donors (Lipinski definition) is 1. The molecule has 1 saturated carbocycles. The van der Waals surface area contributed by atoms with Gasteiger partial charge < -0.3 is 10.2 Å². The summed E-state index contributed by atoms with van der Waals surface area (Å²) in [6.45, 7) is 6.40. The fourth-order valence-corrected chi connectivity index (χ4v) is 5.48. The summed E-state index contributed by atoms with van der Waals surface area (Å²) in [4.78, 5) is 7.05. The average molecular weight is 477 g/mol. The average Bonchev–Trinajstić information content (AvgIpc) is 3.09. The zero-order chi connectivity index (χ0) is 16.8. The molecule has 1 unspecified atom stereocenters. The van der Waals surface area contributed by atoms with Crippen molar-refractivity contribution in [1.29, 1.82) is 0 Å². The highest BCUT2D eigenvalue weighted by Gasteiger charge is 2.38. The van der Waals surface area contributed by atoms with Crippen molar-refractivity contribution in [2.75, 3.05) is 32.4 Å². The van der Waals surface area contributed by atoms with Gasteiger partial charge in [0.25, 0.3) is 0 Å². The van der Waals surface area contributed by atoms with Gasteiger partial charge in [-0.3, -0.25) is 9.67 Å². The van der Waals surface area contributed by atoms with E-state index in [1.165, 1.54) is 37.9 Å². The predicted octanol–water partition coefficient (Wildman–Crippen LogP) is 3.46. The summed E-state index contributed by atoms with van der Waals surface area (Å²) in [6, 6.07) is 1.98. The van der Waals surface area contributed by atoms with Crippen LogP contribution in [0.2, 0.25) is 0 Å². The van der Waals surface area contributed by atoms with Gasteiger partial charge in [0.2, 0.25) is 0 Å². The van der Waals surface area contributed by atoms with Gasteiger partial charge in [0.15, 0.2) is 5.96 Å². The standard InChI is InChI=1S/C18H31N5S.HI/c1-16(14-23-10-6-9-21-23)13-20-17(19-2)22-11-12-24-18(15-22)7-4-3-5-8-18;/h6,9-10,16H,3-5,7-8,11-15H2,1-2H3,(H,19,20);1H. The van der Waals surface area contributed by atoms with Gasteiger partial charge in [-0.05, 0) is 24.8 Å². The van der Waals surface area contributed by atoms with Crippen LogP contribution in [0.25, 0.3) is 0 Å². The van der Waals surface area contributed by atoms with E-state index in [4.69, 9.17) is 0 Å². The molecule has 0 amide bonds. The number of hydrogen-bond acceptors (Lipinski definition) is 3. The van der Waals surface area contributed by atoms with E-state index >= 15 is 0 Å². The second-order valence-corrected chi connectivity index (χ2v) is 8.84. The van der Waals surface area contributed by atoms with E-state index in [0.29, 0.717) is 10.7 Å². The first kappa shape index (κ1) is 20.9. The number of aromatic nitrogens is 2. The topological polar surface area (TPSA) is 45.5 Å². The first-order chi connectivity index (χ1) is 11.7. The molecule has 7 heteroatoms. The van der Waals surface area contributed by atoms with E-state index in [-0.39, 0.29) is 24.0 Å². The quantitative estimate of drug-likeness (QED) is 0.410. The normalized spacial score (nSPS) is 21.7. The molecule has 2 fully saturated rings. The first-order valence-corrected chi connectivity index (χ1v) is 10.3. The van der Waals surface area contributed by atoms with Gasteiger partial charge in [0.1, 0.15) is 0 Å². The van der Waals surface area contributed by atoms with Crippen LogP contribution >= 0.6 is 35.7 Å². The van der Waals surface area contributed by atoms with Gasteiger partial charge in [-0.1, -0.05) is 26.2 Å². The molecule has 1 aromatic rings. The van der Waals surface area contributed by atoms with Crippen LogP contribution in [-0.2, 0) is 6.54 Å². The molecule has 1 N–H and O–H groups in total. The fourth-order valence-electron chi connectivity index (χ4n) is 3.91. The highest BCUT2D eigenvalue weighted by Crippen LogP contribution is 2.42. The maximum Gasteiger partial charge on any atom is 0.193 e. The Morgan fingerprint density at radius 1 is 1.36 bits per heavy atom. The van der Waals surface area contributed by atoms with Crippen LogP contribution in [-0.4, -0.2) is 57.8 Å². The molecule has 142 valence electrons. The highest BCUT2D eigenvalue weighted by molar-refractivity contribution is 14.0. The monoisotopic (exact) mass is 477 g/mol. The molecule has 1 aromatic heterocycles. The van der Waals surface area contributed by atoms with Crippen molar-refractivity contribution in [3.63, 3.8) is 0 Å². The number of thioether (sulfide) groups is 1. The third kappa shape index (κ3) is 5.77. The summed E-state index contributed by atoms with van der Waals surface area (Å²) in [5.74, 6) is 2.82. The molecule has 3 rings (SSSR count). The fraction of sp³-hybridized carbons (Fsp3) is 0.778. The van der Waals surface area contributed by atoms with Crippen LogP contribution in [0.15, 0.2) is 23.5 Å². The molecule has 2 heterocycles. The number of guanidine groups is 1. The largest absolute Gasteiger partial charge is 0.356 e. The maximum atomic E-state index is 4.56. The van der Waals surface area contributed by atoms with Crippen molar-refractivity contribution < 1.29 is 0 Å². The number of aliphatic imine (C=N–C) groups is 1. The van der Waals surface area contributed by atoms with Crippen molar-refractivity contribution in [1.82, 2.24) is 20.0 Å². The Bertz CT molecular complexity index is 522. The van der Waals surface area contributed by atoms with Gasteiger partial charge in [-0.2, -0.15) is 16.9 Å². The zero-order valence-corrected chi connectivity index (χ0v) is 18.6. The lowest BCUT2D eigenvalue weighted by Gasteiger charge is -2.45. The SMILES string of the molecule is CN=C(NCC(C)Cn1cccn1)N1CCSC2(CCCCC2)C1.I. The lowest BCUT2D eigenvalue weighted by Crippen LogP contribution is -2.54. The minimum absolute atomic E-state index is 0. The van der Waals surface area contributed by atoms with Crippen molar-refractivity contribution in [3.05, 3.63) is 18.5 Å². The third-order valence-electron chi connectivity index (χ3n) is 5.19. The van der Waals surface area contributed by atoms with Crippen LogP contribution in [0.4, 0.5) is 0 Å². The Balaban J connectivity index is 0.00000225. The zero-order valence-electron chi connectivity index (χ0n) is 15.5. The van der Waals surface area contributed by atoms with E-state index in [2.05, 4.69) is 39.0 Å². The minimum atomic E-state index is 0. The third-order valence-corrected chi connectivity index (χ3v) is 6.73. The van der Waals surface area contributed by atoms with Crippen LogP contribution in [0.3, 0.4) is 0 Å². The Morgan fingerprint density at radius 3 is 2.84 bits per heavy atom. The van der Waals surface area contributed by atoms with Crippen LogP contribution in [0.1, 0.15) is 39.0 Å². The molecule has 1 atom stereocenters. The van der Waals surface area contributed by atoms with Gasteiger partial charge in [0, 0.05) is 56.1 Å². The van der Waals surface area contributed by atoms with Crippen molar-refractivity contribution in [2.24, 2.45) is 10.9 Å². The number of halogens is 1. The molecule has 0 radical (unpaired) electrons. The van der Waals surface area contributed by atoms with Crippen molar-refractivity contribution >= 4 is 41.7 Å². The van der Waals surface area contributed by atoms with E-state index in [0.717, 1.165) is 32.1 Å². The molecular weight excluding hydrogens is 445 g/mol. The lowest BCUT2D eigenvalue weighted by molar-refractivity contribution is 0.291. The molecule has 1 spiro atoms. The lowest BCUT2D eigenvalue weighted by atomic mass is 9.87. The Hall–Kier alpha value is -0.440. The molecule has 0 bridgehead atoms. The van der Waals surface area contributed by atoms with E-state index < -0.39 is 0 Å². The molecule has 1 aliphatic heterocycles. The molecule has 2 aliphatic rings. The summed E-state index contributed by atoms with van der Waals surface area (Å²) >= 11 is 2.21. The summed E-state index contributed by atoms with van der Waals surface area (Å²) in [5, 5.41) is 7.89. The molecule has 0 aromatic carbocycles. The van der Waals surface area contributed by atoms with Gasteiger partial charge >= 0.3 is 0 Å². The minimum Gasteiger partial charge on any atom is -0.356 e. The summed E-state index contributed by atoms with van der Waals surface area (Å²) in [6.07, 6.45) is 10.8. The summed E-state index contributed by atoms with van der Waals surface area (Å²) in [7, 11) is 1.91. The summed E-state index contributed by atoms with van der Waals surface area (Å²) in [5.41, 5.74) is 0. The Labute approximate surface area is 173 Å². The van der Waals surface area contributed by atoms with Crippen molar-refractivity contribution in [2.45, 2.75) is 50.3 Å². The molecule has 5 nitrogen and oxygen atoms in total. The first-order valence-electron chi connectivity index (χ1n) is 9.28.